The molecule has 2 aromatic rings. The Bertz CT molecular complexity index is 689. The van der Waals surface area contributed by atoms with Gasteiger partial charge in [-0.3, -0.25) is 0 Å². The molecule has 122 valence electrons. The van der Waals surface area contributed by atoms with Crippen molar-refractivity contribution in [1.82, 2.24) is 0 Å². The van der Waals surface area contributed by atoms with Crippen LogP contribution < -0.4 is 4.74 Å². The minimum atomic E-state index is -0.940. The highest BCUT2D eigenvalue weighted by Gasteiger charge is 2.22. The molecule has 0 radical (unpaired) electrons. The van der Waals surface area contributed by atoms with Gasteiger partial charge in [0.1, 0.15) is 5.75 Å². The summed E-state index contributed by atoms with van der Waals surface area (Å²) >= 11 is 0. The minimum Gasteiger partial charge on any atom is -0.478 e. The second kappa shape index (κ2) is 7.32. The van der Waals surface area contributed by atoms with Crippen LogP contribution in [0.15, 0.2) is 42.5 Å². The van der Waals surface area contributed by atoms with Crippen LogP contribution in [0.3, 0.4) is 0 Å². The number of carbonyl (C=O) groups is 1. The van der Waals surface area contributed by atoms with E-state index in [9.17, 15) is 9.90 Å². The number of aliphatic carboxylic acids is 1. The van der Waals surface area contributed by atoms with Crippen molar-refractivity contribution in [3.63, 3.8) is 0 Å². The zero-order chi connectivity index (χ0) is 17.0. The molecule has 0 aliphatic carbocycles. The molecule has 0 aliphatic heterocycles. The van der Waals surface area contributed by atoms with Gasteiger partial charge >= 0.3 is 5.97 Å². The van der Waals surface area contributed by atoms with Gasteiger partial charge in [0.05, 0.1) is 0 Å². The lowest BCUT2D eigenvalue weighted by atomic mass is 9.99. The average molecular weight is 312 g/mol. The van der Waals surface area contributed by atoms with Gasteiger partial charge < -0.3 is 9.84 Å². The molecule has 23 heavy (non-hydrogen) atoms. The maximum absolute atomic E-state index is 11.7. The van der Waals surface area contributed by atoms with E-state index >= 15 is 0 Å². The molecule has 1 atom stereocenters. The number of para-hydroxylation sites is 1. The summed E-state index contributed by atoms with van der Waals surface area (Å²) in [5, 5.41) is 9.56. The first kappa shape index (κ1) is 17.1. The lowest BCUT2D eigenvalue weighted by Gasteiger charge is -2.20. The number of hydrogen-bond donors (Lipinski definition) is 1. The van der Waals surface area contributed by atoms with Crippen molar-refractivity contribution in [2.45, 2.75) is 46.1 Å². The molecule has 0 aromatic heterocycles. The average Bonchev–Trinajstić information content (AvgIpc) is 2.50. The lowest BCUT2D eigenvalue weighted by molar-refractivity contribution is -0.145. The number of carboxylic acid groups (broad SMARTS) is 1. The second-order valence-corrected chi connectivity index (χ2v) is 6.27. The molecule has 2 aromatic carbocycles. The van der Waals surface area contributed by atoms with Crippen LogP contribution in [0, 0.1) is 13.8 Å². The molecule has 0 saturated carbocycles. The van der Waals surface area contributed by atoms with Crippen molar-refractivity contribution in [3.8, 4) is 5.75 Å². The van der Waals surface area contributed by atoms with Crippen molar-refractivity contribution < 1.29 is 14.6 Å². The zero-order valence-electron chi connectivity index (χ0n) is 14.2. The summed E-state index contributed by atoms with van der Waals surface area (Å²) < 4.78 is 5.87. The topological polar surface area (TPSA) is 46.5 Å². The van der Waals surface area contributed by atoms with Crippen LogP contribution in [-0.2, 0) is 11.2 Å². The summed E-state index contributed by atoms with van der Waals surface area (Å²) in [6, 6.07) is 13.7. The molecule has 0 bridgehead atoms. The van der Waals surface area contributed by atoms with Gasteiger partial charge in [0.25, 0.3) is 0 Å². The normalized spacial score (nSPS) is 12.2. The lowest BCUT2D eigenvalue weighted by Crippen LogP contribution is -2.30. The maximum atomic E-state index is 11.7. The van der Waals surface area contributed by atoms with Gasteiger partial charge in [-0.25, -0.2) is 4.79 Å². The van der Waals surface area contributed by atoms with E-state index in [1.54, 1.807) is 0 Å². The zero-order valence-corrected chi connectivity index (χ0v) is 14.2. The van der Waals surface area contributed by atoms with Gasteiger partial charge in [-0.1, -0.05) is 55.8 Å². The molecule has 0 fully saturated rings. The Morgan fingerprint density at radius 3 is 2.48 bits per heavy atom. The minimum absolute atomic E-state index is 0.279. The van der Waals surface area contributed by atoms with Gasteiger partial charge in [0.15, 0.2) is 6.10 Å². The van der Waals surface area contributed by atoms with Crippen LogP contribution in [0.4, 0.5) is 0 Å². The molecular weight excluding hydrogens is 288 g/mol. The number of carboxylic acids is 1. The van der Waals surface area contributed by atoms with Crippen LogP contribution in [0.1, 0.15) is 42.0 Å². The monoisotopic (exact) mass is 312 g/mol. The molecule has 0 aliphatic rings. The SMILES string of the molecule is Cc1ccc(C)c(CC(Oc2ccccc2C(C)C)C(=O)O)c1. The largest absolute Gasteiger partial charge is 0.478 e. The first-order valence-corrected chi connectivity index (χ1v) is 7.93. The maximum Gasteiger partial charge on any atom is 0.345 e. The first-order chi connectivity index (χ1) is 10.9. The third-order valence-corrected chi connectivity index (χ3v) is 4.00. The van der Waals surface area contributed by atoms with Crippen LogP contribution in [0.5, 0.6) is 5.75 Å². The van der Waals surface area contributed by atoms with Crippen LogP contribution in [0.2, 0.25) is 0 Å². The predicted octanol–water partition coefficient (Wildman–Crippen LogP) is 4.50. The van der Waals surface area contributed by atoms with E-state index in [4.69, 9.17) is 4.74 Å². The van der Waals surface area contributed by atoms with Crippen molar-refractivity contribution in [2.75, 3.05) is 0 Å². The fourth-order valence-corrected chi connectivity index (χ4v) is 2.62. The summed E-state index contributed by atoms with van der Waals surface area (Å²) in [5.74, 6) is -0.00831. The molecule has 3 heteroatoms. The molecular formula is C20H24O3. The van der Waals surface area contributed by atoms with E-state index in [1.807, 2.05) is 56.3 Å². The van der Waals surface area contributed by atoms with Gasteiger partial charge in [0.2, 0.25) is 0 Å². The second-order valence-electron chi connectivity index (χ2n) is 6.27. The summed E-state index contributed by atoms with van der Waals surface area (Å²) in [5.41, 5.74) is 4.25. The van der Waals surface area contributed by atoms with E-state index < -0.39 is 12.1 Å². The Hall–Kier alpha value is -2.29. The first-order valence-electron chi connectivity index (χ1n) is 7.93. The fourth-order valence-electron chi connectivity index (χ4n) is 2.62. The van der Waals surface area contributed by atoms with Gasteiger partial charge in [-0.05, 0) is 42.5 Å². The van der Waals surface area contributed by atoms with Gasteiger partial charge in [-0.2, -0.15) is 0 Å². The van der Waals surface area contributed by atoms with E-state index in [0.29, 0.717) is 12.2 Å². The number of benzene rings is 2. The third kappa shape index (κ3) is 4.35. The highest BCUT2D eigenvalue weighted by Crippen LogP contribution is 2.27. The molecule has 3 nitrogen and oxygen atoms in total. The van der Waals surface area contributed by atoms with Crippen LogP contribution >= 0.6 is 0 Å². The van der Waals surface area contributed by atoms with Crippen molar-refractivity contribution in [2.24, 2.45) is 0 Å². The Morgan fingerprint density at radius 1 is 1.13 bits per heavy atom. The molecule has 0 saturated heterocycles. The fraction of sp³-hybridized carbons (Fsp3) is 0.350. The van der Waals surface area contributed by atoms with Crippen molar-refractivity contribution in [1.29, 1.82) is 0 Å². The van der Waals surface area contributed by atoms with Crippen molar-refractivity contribution in [3.05, 3.63) is 64.7 Å². The summed E-state index contributed by atoms with van der Waals surface area (Å²) in [7, 11) is 0. The Labute approximate surface area is 137 Å². The summed E-state index contributed by atoms with van der Waals surface area (Å²) in [6.45, 7) is 8.15. The van der Waals surface area contributed by atoms with Crippen LogP contribution in [0.25, 0.3) is 0 Å². The number of hydrogen-bond acceptors (Lipinski definition) is 2. The molecule has 0 amide bonds. The molecule has 1 unspecified atom stereocenters. The van der Waals surface area contributed by atoms with E-state index in [2.05, 4.69) is 13.8 Å². The summed E-state index contributed by atoms with van der Waals surface area (Å²) in [6.07, 6.45) is -0.537. The Morgan fingerprint density at radius 2 is 1.83 bits per heavy atom. The van der Waals surface area contributed by atoms with Gasteiger partial charge in [-0.15, -0.1) is 0 Å². The number of rotatable bonds is 6. The van der Waals surface area contributed by atoms with E-state index in [-0.39, 0.29) is 5.92 Å². The molecule has 0 spiro atoms. The van der Waals surface area contributed by atoms with Gasteiger partial charge in [0, 0.05) is 6.42 Å². The third-order valence-electron chi connectivity index (χ3n) is 4.00. The molecule has 2 rings (SSSR count). The Kier molecular flexibility index (Phi) is 5.43. The van der Waals surface area contributed by atoms with Crippen molar-refractivity contribution >= 4 is 5.97 Å². The predicted molar refractivity (Wildman–Crippen MR) is 92.2 cm³/mol. The quantitative estimate of drug-likeness (QED) is 0.854. The molecule has 0 heterocycles. The molecule has 1 N–H and O–H groups in total. The highest BCUT2D eigenvalue weighted by atomic mass is 16.5. The summed E-state index contributed by atoms with van der Waals surface area (Å²) in [4.78, 5) is 11.7. The van der Waals surface area contributed by atoms with Crippen LogP contribution in [-0.4, -0.2) is 17.2 Å². The van der Waals surface area contributed by atoms with E-state index in [0.717, 1.165) is 22.3 Å². The number of ether oxygens (including phenoxy) is 1. The smallest absolute Gasteiger partial charge is 0.345 e. The standard InChI is InChI=1S/C20H24O3/c1-13(2)17-7-5-6-8-18(17)23-19(20(21)22)12-16-11-14(3)9-10-15(16)4/h5-11,13,19H,12H2,1-4H3,(H,21,22). The Balaban J connectivity index is 2.27. The number of aryl methyl sites for hydroxylation is 2. The highest BCUT2D eigenvalue weighted by molar-refractivity contribution is 5.73. The van der Waals surface area contributed by atoms with E-state index in [1.165, 1.54) is 0 Å².